The van der Waals surface area contributed by atoms with Gasteiger partial charge in [0.25, 0.3) is 5.91 Å². The molecule has 1 aromatic carbocycles. The number of aromatic nitrogens is 2. The summed E-state index contributed by atoms with van der Waals surface area (Å²) < 4.78 is 1.79. The lowest BCUT2D eigenvalue weighted by atomic mass is 10.1. The summed E-state index contributed by atoms with van der Waals surface area (Å²) in [5.74, 6) is 0.570. The lowest BCUT2D eigenvalue weighted by molar-refractivity contribution is 0.102. The molecule has 0 aliphatic heterocycles. The highest BCUT2D eigenvalue weighted by Crippen LogP contribution is 2.18. The second-order valence-corrected chi connectivity index (χ2v) is 4.78. The predicted octanol–water partition coefficient (Wildman–Crippen LogP) is 3.15. The van der Waals surface area contributed by atoms with Crippen molar-refractivity contribution in [1.82, 2.24) is 9.78 Å². The lowest BCUT2D eigenvalue weighted by Crippen LogP contribution is -2.18. The molecule has 106 valence electrons. The van der Waals surface area contributed by atoms with Gasteiger partial charge in [0.1, 0.15) is 5.82 Å². The SMILES string of the molecule is CCNc1ccccc1C(=O)Nc1ccnn1C(C)C. The van der Waals surface area contributed by atoms with Crippen LogP contribution in [0.2, 0.25) is 0 Å². The van der Waals surface area contributed by atoms with Gasteiger partial charge in [0, 0.05) is 24.3 Å². The highest BCUT2D eigenvalue weighted by molar-refractivity contribution is 6.07. The van der Waals surface area contributed by atoms with Gasteiger partial charge in [-0.05, 0) is 32.9 Å². The second-order valence-electron chi connectivity index (χ2n) is 4.78. The van der Waals surface area contributed by atoms with Crippen molar-refractivity contribution >= 4 is 17.4 Å². The molecule has 0 saturated heterocycles. The first-order valence-electron chi connectivity index (χ1n) is 6.81. The van der Waals surface area contributed by atoms with Crippen LogP contribution < -0.4 is 10.6 Å². The van der Waals surface area contributed by atoms with Gasteiger partial charge in [-0.2, -0.15) is 5.10 Å². The van der Waals surface area contributed by atoms with Gasteiger partial charge in [-0.15, -0.1) is 0 Å². The molecule has 0 fully saturated rings. The van der Waals surface area contributed by atoms with Gasteiger partial charge < -0.3 is 10.6 Å². The summed E-state index contributed by atoms with van der Waals surface area (Å²) in [6.07, 6.45) is 1.69. The number of hydrogen-bond donors (Lipinski definition) is 2. The minimum atomic E-state index is -0.135. The molecule has 2 aromatic rings. The summed E-state index contributed by atoms with van der Waals surface area (Å²) >= 11 is 0. The zero-order valence-corrected chi connectivity index (χ0v) is 12.1. The third-order valence-electron chi connectivity index (χ3n) is 2.94. The Morgan fingerprint density at radius 2 is 2.05 bits per heavy atom. The van der Waals surface area contributed by atoms with E-state index in [4.69, 9.17) is 0 Å². The minimum absolute atomic E-state index is 0.135. The van der Waals surface area contributed by atoms with E-state index >= 15 is 0 Å². The van der Waals surface area contributed by atoms with Gasteiger partial charge in [0.2, 0.25) is 0 Å². The molecule has 20 heavy (non-hydrogen) atoms. The number of carbonyl (C=O) groups is 1. The number of hydrogen-bond acceptors (Lipinski definition) is 3. The Bertz CT molecular complexity index is 589. The van der Waals surface area contributed by atoms with E-state index in [0.717, 1.165) is 12.2 Å². The van der Waals surface area contributed by atoms with Crippen molar-refractivity contribution in [3.63, 3.8) is 0 Å². The van der Waals surface area contributed by atoms with E-state index in [2.05, 4.69) is 15.7 Å². The summed E-state index contributed by atoms with van der Waals surface area (Å²) in [6.45, 7) is 6.82. The molecule has 0 aliphatic rings. The Kier molecular flexibility index (Phi) is 4.40. The van der Waals surface area contributed by atoms with E-state index in [1.165, 1.54) is 0 Å². The van der Waals surface area contributed by atoms with Crippen LogP contribution in [0.1, 0.15) is 37.2 Å². The number of nitrogens with one attached hydrogen (secondary N) is 2. The Labute approximate surface area is 119 Å². The Balaban J connectivity index is 2.22. The quantitative estimate of drug-likeness (QED) is 0.879. The van der Waals surface area contributed by atoms with Crippen molar-refractivity contribution in [2.24, 2.45) is 0 Å². The van der Waals surface area contributed by atoms with Crippen LogP contribution in [0.5, 0.6) is 0 Å². The summed E-state index contributed by atoms with van der Waals surface area (Å²) in [5.41, 5.74) is 1.47. The highest BCUT2D eigenvalue weighted by atomic mass is 16.1. The molecule has 1 heterocycles. The average molecular weight is 272 g/mol. The standard InChI is InChI=1S/C15H20N4O/c1-4-16-13-8-6-5-7-12(13)15(20)18-14-9-10-17-19(14)11(2)3/h5-11,16H,4H2,1-3H3,(H,18,20). The fourth-order valence-electron chi connectivity index (χ4n) is 2.03. The number of nitrogens with zero attached hydrogens (tertiary/aromatic N) is 2. The maximum atomic E-state index is 12.4. The van der Waals surface area contributed by atoms with E-state index < -0.39 is 0 Å². The van der Waals surface area contributed by atoms with Crippen LogP contribution in [0.25, 0.3) is 0 Å². The largest absolute Gasteiger partial charge is 0.385 e. The zero-order valence-electron chi connectivity index (χ0n) is 12.1. The molecule has 0 aliphatic carbocycles. The molecule has 0 radical (unpaired) electrons. The zero-order chi connectivity index (χ0) is 14.5. The normalized spacial score (nSPS) is 10.6. The van der Waals surface area contributed by atoms with Gasteiger partial charge in [-0.3, -0.25) is 4.79 Å². The third kappa shape index (κ3) is 2.99. The molecule has 1 aromatic heterocycles. The molecule has 5 nitrogen and oxygen atoms in total. The molecule has 0 unspecified atom stereocenters. The van der Waals surface area contributed by atoms with E-state index in [-0.39, 0.29) is 11.9 Å². The fraction of sp³-hybridized carbons (Fsp3) is 0.333. The maximum absolute atomic E-state index is 12.4. The van der Waals surface area contributed by atoms with Crippen molar-refractivity contribution in [3.8, 4) is 0 Å². The van der Waals surface area contributed by atoms with Crippen LogP contribution in [-0.4, -0.2) is 22.2 Å². The van der Waals surface area contributed by atoms with Crippen molar-refractivity contribution in [2.45, 2.75) is 26.8 Å². The molecule has 2 rings (SSSR count). The average Bonchev–Trinajstić information content (AvgIpc) is 2.88. The summed E-state index contributed by atoms with van der Waals surface area (Å²) in [7, 11) is 0. The first-order chi connectivity index (χ1) is 9.63. The van der Waals surface area contributed by atoms with Gasteiger partial charge in [-0.1, -0.05) is 12.1 Å². The number of benzene rings is 1. The second kappa shape index (κ2) is 6.23. The van der Waals surface area contributed by atoms with Crippen LogP contribution in [0.3, 0.4) is 0 Å². The first kappa shape index (κ1) is 14.1. The predicted molar refractivity (Wildman–Crippen MR) is 81.2 cm³/mol. The monoisotopic (exact) mass is 272 g/mol. The van der Waals surface area contributed by atoms with E-state index in [1.54, 1.807) is 16.9 Å². The number of rotatable bonds is 5. The van der Waals surface area contributed by atoms with Crippen LogP contribution in [0.4, 0.5) is 11.5 Å². The maximum Gasteiger partial charge on any atom is 0.258 e. The van der Waals surface area contributed by atoms with Crippen LogP contribution in [0, 0.1) is 0 Å². The Morgan fingerprint density at radius 1 is 1.30 bits per heavy atom. The van der Waals surface area contributed by atoms with Gasteiger partial charge in [0.05, 0.1) is 11.8 Å². The molecule has 1 amide bonds. The molecular weight excluding hydrogens is 252 g/mol. The van der Waals surface area contributed by atoms with Gasteiger partial charge >= 0.3 is 0 Å². The van der Waals surface area contributed by atoms with E-state index in [9.17, 15) is 4.79 Å². The van der Waals surface area contributed by atoms with Crippen LogP contribution in [0.15, 0.2) is 36.5 Å². The fourth-order valence-corrected chi connectivity index (χ4v) is 2.03. The van der Waals surface area contributed by atoms with Crippen LogP contribution >= 0.6 is 0 Å². The molecule has 5 heteroatoms. The van der Waals surface area contributed by atoms with Crippen molar-refractivity contribution in [1.29, 1.82) is 0 Å². The van der Waals surface area contributed by atoms with Crippen molar-refractivity contribution in [2.75, 3.05) is 17.2 Å². The Hall–Kier alpha value is -2.30. The summed E-state index contributed by atoms with van der Waals surface area (Å²) in [5, 5.41) is 10.3. The topological polar surface area (TPSA) is 59.0 Å². The molecule has 0 bridgehead atoms. The molecule has 0 spiro atoms. The van der Waals surface area contributed by atoms with Crippen molar-refractivity contribution < 1.29 is 4.79 Å². The number of carbonyl (C=O) groups excluding carboxylic acids is 1. The smallest absolute Gasteiger partial charge is 0.258 e. The van der Waals surface area contributed by atoms with Crippen LogP contribution in [-0.2, 0) is 0 Å². The molecular formula is C15H20N4O. The summed E-state index contributed by atoms with van der Waals surface area (Å²) in [4.78, 5) is 12.4. The molecule has 2 N–H and O–H groups in total. The van der Waals surface area contributed by atoms with Crippen molar-refractivity contribution in [3.05, 3.63) is 42.1 Å². The number of anilines is 2. The minimum Gasteiger partial charge on any atom is -0.385 e. The Morgan fingerprint density at radius 3 is 2.75 bits per heavy atom. The summed E-state index contributed by atoms with van der Waals surface area (Å²) in [6, 6.07) is 9.47. The highest BCUT2D eigenvalue weighted by Gasteiger charge is 2.13. The molecule has 0 atom stereocenters. The van der Waals surface area contributed by atoms with Gasteiger partial charge in [0.15, 0.2) is 0 Å². The van der Waals surface area contributed by atoms with E-state index in [0.29, 0.717) is 11.4 Å². The third-order valence-corrected chi connectivity index (χ3v) is 2.94. The van der Waals surface area contributed by atoms with Gasteiger partial charge in [-0.25, -0.2) is 4.68 Å². The number of amides is 1. The number of para-hydroxylation sites is 1. The lowest BCUT2D eigenvalue weighted by Gasteiger charge is -2.13. The molecule has 0 saturated carbocycles. The van der Waals surface area contributed by atoms with E-state index in [1.807, 2.05) is 45.0 Å². The first-order valence-corrected chi connectivity index (χ1v) is 6.81.